The molecule has 1 N–H and O–H groups in total. The Morgan fingerprint density at radius 3 is 2.40 bits per heavy atom. The van der Waals surface area contributed by atoms with E-state index in [9.17, 15) is 0 Å². The lowest BCUT2D eigenvalue weighted by molar-refractivity contribution is 1.05. The fourth-order valence-corrected chi connectivity index (χ4v) is 1.95. The van der Waals surface area contributed by atoms with Gasteiger partial charge in [-0.3, -0.25) is 4.98 Å². The van der Waals surface area contributed by atoms with Crippen molar-refractivity contribution >= 4 is 11.5 Å². The fraction of sp³-hybridized carbons (Fsp3) is 0.0625. The summed E-state index contributed by atoms with van der Waals surface area (Å²) in [6.07, 6.45) is 1.76. The lowest BCUT2D eigenvalue weighted by Crippen LogP contribution is -1.99. The number of rotatable bonds is 3. The molecule has 3 aromatic rings. The van der Waals surface area contributed by atoms with Crippen LogP contribution in [-0.2, 0) is 0 Å². The molecule has 0 aliphatic carbocycles. The highest BCUT2D eigenvalue weighted by Crippen LogP contribution is 2.20. The van der Waals surface area contributed by atoms with Gasteiger partial charge >= 0.3 is 0 Å². The van der Waals surface area contributed by atoms with Gasteiger partial charge < -0.3 is 5.32 Å². The van der Waals surface area contributed by atoms with Crippen LogP contribution in [0.5, 0.6) is 0 Å². The second-order valence-electron chi connectivity index (χ2n) is 4.39. The summed E-state index contributed by atoms with van der Waals surface area (Å²) in [4.78, 5) is 13.2. The molecule has 0 amide bonds. The predicted octanol–water partition coefficient (Wildman–Crippen LogP) is 3.59. The Kier molecular flexibility index (Phi) is 3.37. The van der Waals surface area contributed by atoms with Crippen molar-refractivity contribution in [3.05, 3.63) is 66.6 Å². The first-order valence-electron chi connectivity index (χ1n) is 6.40. The molecule has 0 bridgehead atoms. The number of anilines is 2. The molecule has 2 aromatic heterocycles. The van der Waals surface area contributed by atoms with Crippen molar-refractivity contribution in [1.29, 1.82) is 0 Å². The summed E-state index contributed by atoms with van der Waals surface area (Å²) in [6.45, 7) is 1.88. The van der Waals surface area contributed by atoms with Crippen molar-refractivity contribution in [3.63, 3.8) is 0 Å². The van der Waals surface area contributed by atoms with Gasteiger partial charge in [0.15, 0.2) is 0 Å². The molecular weight excluding hydrogens is 248 g/mol. The maximum atomic E-state index is 4.43. The molecule has 0 spiro atoms. The van der Waals surface area contributed by atoms with Crippen LogP contribution in [-0.4, -0.2) is 15.0 Å². The minimum Gasteiger partial charge on any atom is -0.340 e. The maximum absolute atomic E-state index is 4.43. The van der Waals surface area contributed by atoms with Crippen LogP contribution < -0.4 is 5.32 Å². The third-order valence-electron chi connectivity index (χ3n) is 2.81. The second kappa shape index (κ2) is 5.48. The zero-order valence-electron chi connectivity index (χ0n) is 11.1. The lowest BCUT2D eigenvalue weighted by atomic mass is 10.2. The number of nitrogens with zero attached hydrogens (tertiary/aromatic N) is 3. The van der Waals surface area contributed by atoms with Crippen LogP contribution in [0.15, 0.2) is 60.8 Å². The topological polar surface area (TPSA) is 50.7 Å². The van der Waals surface area contributed by atoms with Crippen molar-refractivity contribution in [3.8, 4) is 11.4 Å². The highest BCUT2D eigenvalue weighted by molar-refractivity contribution is 5.63. The summed E-state index contributed by atoms with van der Waals surface area (Å²) >= 11 is 0. The molecule has 0 saturated heterocycles. The van der Waals surface area contributed by atoms with Gasteiger partial charge in [-0.15, -0.1) is 0 Å². The normalized spacial score (nSPS) is 10.2. The summed E-state index contributed by atoms with van der Waals surface area (Å²) in [6, 6.07) is 17.6. The molecule has 0 atom stereocenters. The first-order valence-corrected chi connectivity index (χ1v) is 6.40. The Morgan fingerprint density at radius 2 is 1.65 bits per heavy atom. The van der Waals surface area contributed by atoms with E-state index in [2.05, 4.69) is 20.3 Å². The smallest absolute Gasteiger partial charge is 0.134 e. The van der Waals surface area contributed by atoms with Crippen LogP contribution in [0.1, 0.15) is 5.82 Å². The van der Waals surface area contributed by atoms with E-state index in [0.29, 0.717) is 5.82 Å². The van der Waals surface area contributed by atoms with E-state index in [-0.39, 0.29) is 0 Å². The molecular formula is C16H14N4. The van der Waals surface area contributed by atoms with Gasteiger partial charge in [-0.25, -0.2) is 9.97 Å². The van der Waals surface area contributed by atoms with Crippen molar-refractivity contribution in [2.75, 3.05) is 5.32 Å². The molecule has 0 aliphatic heterocycles. The lowest BCUT2D eigenvalue weighted by Gasteiger charge is -2.08. The third-order valence-corrected chi connectivity index (χ3v) is 2.81. The summed E-state index contributed by atoms with van der Waals surface area (Å²) in [5, 5.41) is 3.28. The molecule has 98 valence electrons. The number of benzene rings is 1. The fourth-order valence-electron chi connectivity index (χ4n) is 1.95. The van der Waals surface area contributed by atoms with Gasteiger partial charge in [0.2, 0.25) is 0 Å². The molecule has 4 nitrogen and oxygen atoms in total. The Balaban J connectivity index is 1.95. The first-order chi connectivity index (χ1) is 9.81. The number of nitrogens with one attached hydrogen (secondary N) is 1. The van der Waals surface area contributed by atoms with Crippen LogP contribution in [0.2, 0.25) is 0 Å². The number of para-hydroxylation sites is 1. The van der Waals surface area contributed by atoms with Gasteiger partial charge in [0.25, 0.3) is 0 Å². The SMILES string of the molecule is Cc1nc(Nc2ccccc2)cc(-c2ccccn2)n1. The number of aromatic nitrogens is 3. The molecule has 3 rings (SSSR count). The van der Waals surface area contributed by atoms with Crippen LogP contribution in [0.25, 0.3) is 11.4 Å². The van der Waals surface area contributed by atoms with Gasteiger partial charge in [0.05, 0.1) is 11.4 Å². The van der Waals surface area contributed by atoms with Crippen LogP contribution in [0, 0.1) is 6.92 Å². The van der Waals surface area contributed by atoms with Crippen molar-refractivity contribution in [2.24, 2.45) is 0 Å². The summed E-state index contributed by atoms with van der Waals surface area (Å²) in [5.74, 6) is 1.48. The van der Waals surface area contributed by atoms with Crippen LogP contribution in [0.4, 0.5) is 11.5 Å². The molecule has 20 heavy (non-hydrogen) atoms. The molecule has 1 aromatic carbocycles. The van der Waals surface area contributed by atoms with Crippen molar-refractivity contribution in [1.82, 2.24) is 15.0 Å². The molecule has 2 heterocycles. The van der Waals surface area contributed by atoms with Gasteiger partial charge in [-0.2, -0.15) is 0 Å². The van der Waals surface area contributed by atoms with E-state index < -0.39 is 0 Å². The van der Waals surface area contributed by atoms with Gasteiger partial charge in [-0.05, 0) is 31.2 Å². The highest BCUT2D eigenvalue weighted by Gasteiger charge is 2.05. The van der Waals surface area contributed by atoms with Crippen LogP contribution in [0.3, 0.4) is 0 Å². The molecule has 0 radical (unpaired) electrons. The minimum absolute atomic E-state index is 0.714. The van der Waals surface area contributed by atoms with Crippen molar-refractivity contribution < 1.29 is 0 Å². The second-order valence-corrected chi connectivity index (χ2v) is 4.39. The molecule has 0 aliphatic rings. The average molecular weight is 262 g/mol. The largest absolute Gasteiger partial charge is 0.340 e. The molecule has 0 unspecified atom stereocenters. The van der Waals surface area contributed by atoms with Gasteiger partial charge in [0.1, 0.15) is 11.6 Å². The van der Waals surface area contributed by atoms with E-state index in [1.807, 2.05) is 61.5 Å². The Labute approximate surface area is 117 Å². The Hall–Kier alpha value is -2.75. The monoisotopic (exact) mass is 262 g/mol. The number of aryl methyl sites for hydroxylation is 1. The zero-order valence-corrected chi connectivity index (χ0v) is 11.1. The maximum Gasteiger partial charge on any atom is 0.134 e. The number of hydrogen-bond acceptors (Lipinski definition) is 4. The first kappa shape index (κ1) is 12.3. The molecule has 4 heteroatoms. The van der Waals surface area contributed by atoms with E-state index >= 15 is 0 Å². The predicted molar refractivity (Wildman–Crippen MR) is 79.7 cm³/mol. The molecule has 0 saturated carbocycles. The van der Waals surface area contributed by atoms with E-state index in [0.717, 1.165) is 22.9 Å². The van der Waals surface area contributed by atoms with Gasteiger partial charge in [0, 0.05) is 18.0 Å². The Morgan fingerprint density at radius 1 is 0.850 bits per heavy atom. The summed E-state index contributed by atoms with van der Waals surface area (Å²) in [5.41, 5.74) is 2.66. The third kappa shape index (κ3) is 2.80. The van der Waals surface area contributed by atoms with E-state index in [4.69, 9.17) is 0 Å². The van der Waals surface area contributed by atoms with E-state index in [1.165, 1.54) is 0 Å². The highest BCUT2D eigenvalue weighted by atomic mass is 15.0. The zero-order chi connectivity index (χ0) is 13.8. The molecule has 0 fully saturated rings. The van der Waals surface area contributed by atoms with Crippen molar-refractivity contribution in [2.45, 2.75) is 6.92 Å². The standard InChI is InChI=1S/C16H14N4/c1-12-18-15(14-9-5-6-10-17-14)11-16(19-12)20-13-7-3-2-4-8-13/h2-11H,1H3,(H,18,19,20). The number of hydrogen-bond donors (Lipinski definition) is 1. The minimum atomic E-state index is 0.714. The summed E-state index contributed by atoms with van der Waals surface area (Å²) in [7, 11) is 0. The van der Waals surface area contributed by atoms with Crippen LogP contribution >= 0.6 is 0 Å². The van der Waals surface area contributed by atoms with E-state index in [1.54, 1.807) is 6.20 Å². The average Bonchev–Trinajstić information content (AvgIpc) is 2.49. The van der Waals surface area contributed by atoms with Gasteiger partial charge in [-0.1, -0.05) is 24.3 Å². The summed E-state index contributed by atoms with van der Waals surface area (Å²) < 4.78 is 0. The Bertz CT molecular complexity index is 696. The number of pyridine rings is 1. The quantitative estimate of drug-likeness (QED) is 0.783.